The summed E-state index contributed by atoms with van der Waals surface area (Å²) in [6, 6.07) is 0. The summed E-state index contributed by atoms with van der Waals surface area (Å²) in [6.07, 6.45) is 1.05. The lowest BCUT2D eigenvalue weighted by atomic mass is 10.0. The van der Waals surface area contributed by atoms with E-state index in [1.807, 2.05) is 6.92 Å². The van der Waals surface area contributed by atoms with E-state index in [-0.39, 0.29) is 30.8 Å². The van der Waals surface area contributed by atoms with E-state index in [1.54, 1.807) is 6.92 Å². The monoisotopic (exact) mass is 231 g/mol. The maximum atomic E-state index is 11.3. The Labute approximate surface area is 95.9 Å². The number of carboxylic acids is 1. The average molecular weight is 231 g/mol. The number of rotatable bonds is 8. The minimum atomic E-state index is -0.887. The Morgan fingerprint density at radius 2 is 1.94 bits per heavy atom. The second-order valence-electron chi connectivity index (χ2n) is 4.11. The highest BCUT2D eigenvalue weighted by Gasteiger charge is 2.12. The molecule has 0 rings (SSSR count). The number of carbonyl (C=O) groups is 2. The minimum absolute atomic E-state index is 0.00497. The molecule has 0 saturated carbocycles. The van der Waals surface area contributed by atoms with Crippen molar-refractivity contribution in [2.45, 2.75) is 45.6 Å². The van der Waals surface area contributed by atoms with Crippen LogP contribution in [0.5, 0.6) is 0 Å². The number of aliphatic hydroxyl groups is 1. The van der Waals surface area contributed by atoms with Gasteiger partial charge in [0.25, 0.3) is 0 Å². The molecule has 0 bridgehead atoms. The lowest BCUT2D eigenvalue weighted by Crippen LogP contribution is -2.28. The second kappa shape index (κ2) is 8.10. The van der Waals surface area contributed by atoms with Gasteiger partial charge in [-0.15, -0.1) is 0 Å². The summed E-state index contributed by atoms with van der Waals surface area (Å²) in [7, 11) is 0. The molecule has 2 unspecified atom stereocenters. The number of amides is 1. The van der Waals surface area contributed by atoms with Gasteiger partial charge in [-0.25, -0.2) is 0 Å². The molecule has 0 aliphatic rings. The zero-order chi connectivity index (χ0) is 12.6. The third-order valence-electron chi connectivity index (χ3n) is 2.33. The van der Waals surface area contributed by atoms with Crippen molar-refractivity contribution >= 4 is 11.9 Å². The van der Waals surface area contributed by atoms with Crippen LogP contribution in [0.25, 0.3) is 0 Å². The highest BCUT2D eigenvalue weighted by Crippen LogP contribution is 2.06. The number of nitrogens with one attached hydrogen (secondary N) is 1. The summed E-state index contributed by atoms with van der Waals surface area (Å²) in [5.41, 5.74) is 0. The Hall–Kier alpha value is -1.10. The van der Waals surface area contributed by atoms with E-state index in [2.05, 4.69) is 5.32 Å². The van der Waals surface area contributed by atoms with Crippen LogP contribution in [0.2, 0.25) is 0 Å². The average Bonchev–Trinajstić information content (AvgIpc) is 2.15. The molecule has 5 heteroatoms. The predicted octanol–water partition coefficient (Wildman–Crippen LogP) is 0.764. The van der Waals surface area contributed by atoms with Gasteiger partial charge in [-0.3, -0.25) is 9.59 Å². The molecule has 0 aliphatic heterocycles. The van der Waals surface area contributed by atoms with Crippen molar-refractivity contribution in [3.63, 3.8) is 0 Å². The third kappa shape index (κ3) is 8.23. The van der Waals surface area contributed by atoms with E-state index in [0.29, 0.717) is 19.4 Å². The molecule has 0 spiro atoms. The lowest BCUT2D eigenvalue weighted by Gasteiger charge is -2.11. The number of hydrogen-bond donors (Lipinski definition) is 3. The van der Waals surface area contributed by atoms with E-state index in [4.69, 9.17) is 5.11 Å². The van der Waals surface area contributed by atoms with Crippen LogP contribution in [0.4, 0.5) is 0 Å². The summed E-state index contributed by atoms with van der Waals surface area (Å²) in [6.45, 7) is 4.05. The van der Waals surface area contributed by atoms with Gasteiger partial charge in [0.05, 0.1) is 6.10 Å². The molecule has 0 aliphatic carbocycles. The van der Waals surface area contributed by atoms with Crippen LogP contribution in [0.3, 0.4) is 0 Å². The SMILES string of the molecule is CCC(O)CCNC(=O)CC(C)CC(=O)O. The Bertz CT molecular complexity index is 230. The normalized spacial score (nSPS) is 14.2. The smallest absolute Gasteiger partial charge is 0.303 e. The van der Waals surface area contributed by atoms with Gasteiger partial charge in [0.1, 0.15) is 0 Å². The quantitative estimate of drug-likeness (QED) is 0.575. The van der Waals surface area contributed by atoms with Crippen LogP contribution in [0.15, 0.2) is 0 Å². The van der Waals surface area contributed by atoms with Crippen molar-refractivity contribution in [3.8, 4) is 0 Å². The van der Waals surface area contributed by atoms with Gasteiger partial charge in [0.15, 0.2) is 0 Å². The molecule has 16 heavy (non-hydrogen) atoms. The van der Waals surface area contributed by atoms with E-state index < -0.39 is 5.97 Å². The predicted molar refractivity (Wildman–Crippen MR) is 60.0 cm³/mol. The minimum Gasteiger partial charge on any atom is -0.481 e. The first-order valence-electron chi connectivity index (χ1n) is 5.62. The molecular formula is C11H21NO4. The van der Waals surface area contributed by atoms with E-state index in [0.717, 1.165) is 0 Å². The second-order valence-corrected chi connectivity index (χ2v) is 4.11. The molecule has 0 aromatic carbocycles. The molecule has 0 aromatic heterocycles. The summed E-state index contributed by atoms with van der Waals surface area (Å²) in [4.78, 5) is 21.7. The van der Waals surface area contributed by atoms with Crippen LogP contribution in [0, 0.1) is 5.92 Å². The van der Waals surface area contributed by atoms with Crippen LogP contribution in [-0.4, -0.2) is 34.7 Å². The maximum Gasteiger partial charge on any atom is 0.303 e. The fraction of sp³-hybridized carbons (Fsp3) is 0.818. The first-order chi connectivity index (χ1) is 7.45. The van der Waals surface area contributed by atoms with Crippen molar-refractivity contribution in [1.29, 1.82) is 0 Å². The van der Waals surface area contributed by atoms with Crippen molar-refractivity contribution in [2.75, 3.05) is 6.54 Å². The van der Waals surface area contributed by atoms with Gasteiger partial charge < -0.3 is 15.5 Å². The van der Waals surface area contributed by atoms with Gasteiger partial charge in [-0.2, -0.15) is 0 Å². The Balaban J connectivity index is 3.62. The number of aliphatic hydroxyl groups excluding tert-OH is 1. The number of carboxylic acid groups (broad SMARTS) is 1. The van der Waals surface area contributed by atoms with E-state index >= 15 is 0 Å². The lowest BCUT2D eigenvalue weighted by molar-refractivity contribution is -0.138. The highest BCUT2D eigenvalue weighted by atomic mass is 16.4. The molecule has 2 atom stereocenters. The van der Waals surface area contributed by atoms with Crippen molar-refractivity contribution in [2.24, 2.45) is 5.92 Å². The summed E-state index contributed by atoms with van der Waals surface area (Å²) < 4.78 is 0. The Morgan fingerprint density at radius 3 is 2.44 bits per heavy atom. The topological polar surface area (TPSA) is 86.6 Å². The van der Waals surface area contributed by atoms with E-state index in [9.17, 15) is 14.7 Å². The number of aliphatic carboxylic acids is 1. The molecule has 5 nitrogen and oxygen atoms in total. The molecule has 0 aromatic rings. The van der Waals surface area contributed by atoms with Gasteiger partial charge >= 0.3 is 5.97 Å². The molecule has 1 amide bonds. The Morgan fingerprint density at radius 1 is 1.31 bits per heavy atom. The zero-order valence-electron chi connectivity index (χ0n) is 9.90. The molecular weight excluding hydrogens is 210 g/mol. The van der Waals surface area contributed by atoms with Crippen LogP contribution in [-0.2, 0) is 9.59 Å². The first-order valence-corrected chi connectivity index (χ1v) is 5.62. The van der Waals surface area contributed by atoms with Crippen LogP contribution >= 0.6 is 0 Å². The van der Waals surface area contributed by atoms with Crippen LogP contribution in [0.1, 0.15) is 39.5 Å². The molecule has 94 valence electrons. The maximum absolute atomic E-state index is 11.3. The first kappa shape index (κ1) is 14.9. The van der Waals surface area contributed by atoms with Crippen molar-refractivity contribution in [1.82, 2.24) is 5.32 Å². The van der Waals surface area contributed by atoms with Gasteiger partial charge in [-0.1, -0.05) is 13.8 Å². The van der Waals surface area contributed by atoms with Gasteiger partial charge in [0.2, 0.25) is 5.91 Å². The van der Waals surface area contributed by atoms with Gasteiger partial charge in [0, 0.05) is 19.4 Å². The third-order valence-corrected chi connectivity index (χ3v) is 2.33. The molecule has 0 saturated heterocycles. The van der Waals surface area contributed by atoms with E-state index in [1.165, 1.54) is 0 Å². The fourth-order valence-electron chi connectivity index (χ4n) is 1.34. The number of carbonyl (C=O) groups excluding carboxylic acids is 1. The van der Waals surface area contributed by atoms with Gasteiger partial charge in [-0.05, 0) is 18.8 Å². The standard InChI is InChI=1S/C11H21NO4/c1-3-9(13)4-5-12-10(14)6-8(2)7-11(15)16/h8-9,13H,3-7H2,1-2H3,(H,12,14)(H,15,16). The summed E-state index contributed by atoms with van der Waals surface area (Å²) in [5.74, 6) is -1.20. The summed E-state index contributed by atoms with van der Waals surface area (Å²) in [5, 5.41) is 20.4. The highest BCUT2D eigenvalue weighted by molar-refractivity contribution is 5.77. The fourth-order valence-corrected chi connectivity index (χ4v) is 1.34. The summed E-state index contributed by atoms with van der Waals surface area (Å²) >= 11 is 0. The molecule has 0 heterocycles. The van der Waals surface area contributed by atoms with Crippen molar-refractivity contribution in [3.05, 3.63) is 0 Å². The van der Waals surface area contributed by atoms with Crippen LogP contribution < -0.4 is 5.32 Å². The molecule has 0 fully saturated rings. The Kier molecular flexibility index (Phi) is 7.54. The molecule has 0 radical (unpaired) electrons. The zero-order valence-corrected chi connectivity index (χ0v) is 9.90. The van der Waals surface area contributed by atoms with Crippen molar-refractivity contribution < 1.29 is 19.8 Å². The largest absolute Gasteiger partial charge is 0.481 e. The molecule has 3 N–H and O–H groups in total. The number of hydrogen-bond acceptors (Lipinski definition) is 3.